The van der Waals surface area contributed by atoms with E-state index in [4.69, 9.17) is 9.84 Å². The Bertz CT molecular complexity index is 535. The predicted octanol–water partition coefficient (Wildman–Crippen LogP) is 2.33. The number of hydrogen-bond donors (Lipinski definition) is 2. The van der Waals surface area contributed by atoms with Crippen LogP contribution in [0.2, 0.25) is 0 Å². The van der Waals surface area contributed by atoms with Crippen molar-refractivity contribution in [2.24, 2.45) is 5.41 Å². The quantitative estimate of drug-likeness (QED) is 0.756. The van der Waals surface area contributed by atoms with Gasteiger partial charge >= 0.3 is 5.97 Å². The summed E-state index contributed by atoms with van der Waals surface area (Å²) in [6.45, 7) is 5.62. The number of amides is 1. The highest BCUT2D eigenvalue weighted by Gasteiger charge is 2.27. The number of para-hydroxylation sites is 1. The summed E-state index contributed by atoms with van der Waals surface area (Å²) < 4.78 is 5.45. The van der Waals surface area contributed by atoms with Gasteiger partial charge < -0.3 is 15.2 Å². The molecule has 0 atom stereocenters. The Hall–Kier alpha value is -2.30. The lowest BCUT2D eigenvalue weighted by Gasteiger charge is -2.18. The van der Waals surface area contributed by atoms with Crippen molar-refractivity contribution in [2.75, 3.05) is 13.2 Å². The van der Waals surface area contributed by atoms with Gasteiger partial charge in [-0.05, 0) is 32.9 Å². The second-order valence-electron chi connectivity index (χ2n) is 5.21. The number of carboxylic acid groups (broad SMARTS) is 1. The topological polar surface area (TPSA) is 75.6 Å². The summed E-state index contributed by atoms with van der Waals surface area (Å²) in [5.41, 5.74) is -0.195. The third-order valence-corrected chi connectivity index (χ3v) is 2.92. The van der Waals surface area contributed by atoms with Gasteiger partial charge in [-0.25, -0.2) is 0 Å². The number of nitrogens with one attached hydrogen (secondary N) is 1. The zero-order chi connectivity index (χ0) is 15.9. The van der Waals surface area contributed by atoms with E-state index in [2.05, 4.69) is 5.32 Å². The third kappa shape index (κ3) is 5.30. The summed E-state index contributed by atoms with van der Waals surface area (Å²) in [4.78, 5) is 22.7. The van der Waals surface area contributed by atoms with Crippen LogP contribution in [0.25, 0.3) is 6.08 Å². The van der Waals surface area contributed by atoms with Gasteiger partial charge in [-0.2, -0.15) is 0 Å². The Labute approximate surface area is 124 Å². The molecule has 0 fully saturated rings. The van der Waals surface area contributed by atoms with Crippen LogP contribution in [-0.4, -0.2) is 30.1 Å². The highest BCUT2D eigenvalue weighted by Crippen LogP contribution is 2.19. The van der Waals surface area contributed by atoms with Gasteiger partial charge in [0.1, 0.15) is 5.75 Å². The van der Waals surface area contributed by atoms with Crippen molar-refractivity contribution in [1.29, 1.82) is 0 Å². The van der Waals surface area contributed by atoms with E-state index in [1.807, 2.05) is 31.2 Å². The second-order valence-corrected chi connectivity index (χ2v) is 5.21. The molecular formula is C16H21NO4. The number of aliphatic carboxylic acids is 1. The van der Waals surface area contributed by atoms with Crippen molar-refractivity contribution in [3.63, 3.8) is 0 Å². The van der Waals surface area contributed by atoms with E-state index >= 15 is 0 Å². The van der Waals surface area contributed by atoms with Crippen LogP contribution in [0.1, 0.15) is 26.3 Å². The molecule has 0 bridgehead atoms. The van der Waals surface area contributed by atoms with Crippen LogP contribution in [0.3, 0.4) is 0 Å². The number of hydrogen-bond acceptors (Lipinski definition) is 3. The molecule has 1 rings (SSSR count). The molecule has 0 radical (unpaired) electrons. The molecule has 0 saturated carbocycles. The summed E-state index contributed by atoms with van der Waals surface area (Å²) >= 11 is 0. The third-order valence-electron chi connectivity index (χ3n) is 2.92. The summed E-state index contributed by atoms with van der Waals surface area (Å²) in [7, 11) is 0. The monoisotopic (exact) mass is 291 g/mol. The maximum Gasteiger partial charge on any atom is 0.310 e. The number of benzene rings is 1. The highest BCUT2D eigenvalue weighted by atomic mass is 16.5. The van der Waals surface area contributed by atoms with Crippen LogP contribution in [0.15, 0.2) is 30.3 Å². The standard InChI is InChI=1S/C16H21NO4/c1-4-21-13-8-6-5-7-12(13)9-10-14(18)17-11-16(2,3)15(19)20/h5-10H,4,11H2,1-3H3,(H,17,18)(H,19,20)/b10-9+. The van der Waals surface area contributed by atoms with E-state index in [0.717, 1.165) is 5.56 Å². The first-order valence-corrected chi connectivity index (χ1v) is 6.78. The van der Waals surface area contributed by atoms with Crippen molar-refractivity contribution in [3.05, 3.63) is 35.9 Å². The van der Waals surface area contributed by atoms with Gasteiger partial charge in [-0.15, -0.1) is 0 Å². The Kier molecular flexibility index (Phi) is 5.96. The van der Waals surface area contributed by atoms with Crippen molar-refractivity contribution in [3.8, 4) is 5.75 Å². The van der Waals surface area contributed by atoms with Gasteiger partial charge in [0, 0.05) is 18.2 Å². The first-order valence-electron chi connectivity index (χ1n) is 6.78. The molecule has 0 aromatic heterocycles. The summed E-state index contributed by atoms with van der Waals surface area (Å²) in [6, 6.07) is 7.38. The van der Waals surface area contributed by atoms with E-state index in [1.54, 1.807) is 19.9 Å². The zero-order valence-electron chi connectivity index (χ0n) is 12.6. The Morgan fingerprint density at radius 2 is 2.00 bits per heavy atom. The largest absolute Gasteiger partial charge is 0.493 e. The van der Waals surface area contributed by atoms with Gasteiger partial charge in [0.15, 0.2) is 0 Å². The fourth-order valence-corrected chi connectivity index (χ4v) is 1.51. The molecule has 0 aliphatic carbocycles. The molecule has 0 heterocycles. The predicted molar refractivity (Wildman–Crippen MR) is 81.1 cm³/mol. The Morgan fingerprint density at radius 3 is 2.62 bits per heavy atom. The molecule has 114 valence electrons. The van der Waals surface area contributed by atoms with E-state index in [-0.39, 0.29) is 12.5 Å². The second kappa shape index (κ2) is 7.47. The van der Waals surface area contributed by atoms with Crippen molar-refractivity contribution in [1.82, 2.24) is 5.32 Å². The molecule has 1 aromatic carbocycles. The molecule has 0 spiro atoms. The lowest BCUT2D eigenvalue weighted by Crippen LogP contribution is -2.38. The van der Waals surface area contributed by atoms with Crippen LogP contribution in [0.4, 0.5) is 0 Å². The molecule has 0 saturated heterocycles. The fraction of sp³-hybridized carbons (Fsp3) is 0.375. The molecule has 21 heavy (non-hydrogen) atoms. The van der Waals surface area contributed by atoms with Crippen LogP contribution < -0.4 is 10.1 Å². The lowest BCUT2D eigenvalue weighted by atomic mass is 9.94. The number of ether oxygens (including phenoxy) is 1. The average Bonchev–Trinajstić information content (AvgIpc) is 2.44. The minimum atomic E-state index is -0.993. The Morgan fingerprint density at radius 1 is 1.33 bits per heavy atom. The summed E-state index contributed by atoms with van der Waals surface area (Å²) in [5, 5.41) is 11.6. The van der Waals surface area contributed by atoms with Crippen molar-refractivity contribution in [2.45, 2.75) is 20.8 Å². The zero-order valence-corrected chi connectivity index (χ0v) is 12.6. The molecule has 2 N–H and O–H groups in total. The summed E-state index contributed by atoms with van der Waals surface area (Å²) in [6.07, 6.45) is 3.02. The molecule has 5 nitrogen and oxygen atoms in total. The molecule has 5 heteroatoms. The van der Waals surface area contributed by atoms with E-state index < -0.39 is 11.4 Å². The first-order chi connectivity index (χ1) is 9.86. The first kappa shape index (κ1) is 16.8. The van der Waals surface area contributed by atoms with Crippen LogP contribution in [-0.2, 0) is 9.59 Å². The lowest BCUT2D eigenvalue weighted by molar-refractivity contribution is -0.146. The Balaban J connectivity index is 2.65. The van der Waals surface area contributed by atoms with Crippen molar-refractivity contribution >= 4 is 18.0 Å². The van der Waals surface area contributed by atoms with Crippen LogP contribution >= 0.6 is 0 Å². The smallest absolute Gasteiger partial charge is 0.310 e. The minimum Gasteiger partial charge on any atom is -0.493 e. The maximum atomic E-state index is 11.7. The summed E-state index contributed by atoms with van der Waals surface area (Å²) in [5.74, 6) is -0.584. The highest BCUT2D eigenvalue weighted by molar-refractivity contribution is 5.92. The number of rotatable bonds is 7. The van der Waals surface area contributed by atoms with E-state index in [9.17, 15) is 9.59 Å². The SMILES string of the molecule is CCOc1ccccc1/C=C/C(=O)NCC(C)(C)C(=O)O. The van der Waals surface area contributed by atoms with Crippen molar-refractivity contribution < 1.29 is 19.4 Å². The molecule has 0 aliphatic heterocycles. The molecule has 1 aromatic rings. The number of carbonyl (C=O) groups is 2. The fourth-order valence-electron chi connectivity index (χ4n) is 1.51. The normalized spacial score (nSPS) is 11.4. The van der Waals surface area contributed by atoms with Gasteiger partial charge in [-0.1, -0.05) is 18.2 Å². The minimum absolute atomic E-state index is 0.0681. The molecule has 0 aliphatic rings. The molecule has 0 unspecified atom stereocenters. The van der Waals surface area contributed by atoms with Gasteiger partial charge in [0.2, 0.25) is 5.91 Å². The van der Waals surface area contributed by atoms with E-state index in [1.165, 1.54) is 6.08 Å². The van der Waals surface area contributed by atoms with Crippen LogP contribution in [0.5, 0.6) is 5.75 Å². The van der Waals surface area contributed by atoms with Gasteiger partial charge in [0.25, 0.3) is 0 Å². The number of carboxylic acids is 1. The van der Waals surface area contributed by atoms with E-state index in [0.29, 0.717) is 12.4 Å². The average molecular weight is 291 g/mol. The molecular weight excluding hydrogens is 270 g/mol. The number of carbonyl (C=O) groups excluding carboxylic acids is 1. The maximum absolute atomic E-state index is 11.7. The molecule has 1 amide bonds. The van der Waals surface area contributed by atoms with Gasteiger partial charge in [-0.3, -0.25) is 9.59 Å². The van der Waals surface area contributed by atoms with Crippen LogP contribution in [0, 0.1) is 5.41 Å². The van der Waals surface area contributed by atoms with Gasteiger partial charge in [0.05, 0.1) is 12.0 Å².